The van der Waals surface area contributed by atoms with Crippen LogP contribution in [0.4, 0.5) is 0 Å². The predicted molar refractivity (Wildman–Crippen MR) is 111 cm³/mol. The van der Waals surface area contributed by atoms with Crippen LogP contribution in [0.25, 0.3) is 0 Å². The van der Waals surface area contributed by atoms with Crippen LogP contribution >= 0.6 is 11.6 Å². The van der Waals surface area contributed by atoms with E-state index in [1.54, 1.807) is 10.9 Å². The van der Waals surface area contributed by atoms with Crippen molar-refractivity contribution in [3.8, 4) is 0 Å². The molecule has 29 heavy (non-hydrogen) atoms. The maximum Gasteiger partial charge on any atom is 0.244 e. The van der Waals surface area contributed by atoms with Crippen molar-refractivity contribution >= 4 is 17.5 Å². The molecule has 6 nitrogen and oxygen atoms in total. The second-order valence-electron chi connectivity index (χ2n) is 7.65. The number of amides is 1. The monoisotopic (exact) mass is 412 g/mol. The molecule has 1 aliphatic rings. The Hall–Kier alpha value is -2.60. The summed E-state index contributed by atoms with van der Waals surface area (Å²) in [6.45, 7) is 4.87. The van der Waals surface area contributed by atoms with Gasteiger partial charge in [0.2, 0.25) is 11.8 Å². The van der Waals surface area contributed by atoms with E-state index in [9.17, 15) is 4.79 Å². The fourth-order valence-electron chi connectivity index (χ4n) is 3.95. The summed E-state index contributed by atoms with van der Waals surface area (Å²) >= 11 is 6.07. The molecular weight excluding hydrogens is 388 g/mol. The van der Waals surface area contributed by atoms with Crippen LogP contribution in [0.2, 0.25) is 5.02 Å². The standard InChI is InChI=1S/C22H25ClN4O2/c1-15-10-16(2)27(25-15)14-21(28)26-9-4-3-8-20(26)22-24-13-19(29-22)12-17-6-5-7-18(23)11-17/h5-7,10-11,13,20H,3-4,8-9,12,14H2,1-2H3/t20-/m1/s1. The Morgan fingerprint density at radius 1 is 1.28 bits per heavy atom. The van der Waals surface area contributed by atoms with Crippen molar-refractivity contribution < 1.29 is 9.21 Å². The van der Waals surface area contributed by atoms with Crippen molar-refractivity contribution in [1.82, 2.24) is 19.7 Å². The van der Waals surface area contributed by atoms with Crippen molar-refractivity contribution in [1.29, 1.82) is 0 Å². The molecule has 0 radical (unpaired) electrons. The lowest BCUT2D eigenvalue weighted by atomic mass is 10.0. The molecule has 152 valence electrons. The van der Waals surface area contributed by atoms with Gasteiger partial charge < -0.3 is 9.32 Å². The van der Waals surface area contributed by atoms with Gasteiger partial charge in [0.15, 0.2) is 0 Å². The molecular formula is C22H25ClN4O2. The Morgan fingerprint density at radius 3 is 2.90 bits per heavy atom. The number of aryl methyl sites for hydroxylation is 2. The van der Waals surface area contributed by atoms with Crippen molar-refractivity contribution in [3.63, 3.8) is 0 Å². The van der Waals surface area contributed by atoms with E-state index < -0.39 is 0 Å². The summed E-state index contributed by atoms with van der Waals surface area (Å²) in [5.74, 6) is 1.44. The van der Waals surface area contributed by atoms with E-state index in [-0.39, 0.29) is 18.5 Å². The fourth-order valence-corrected chi connectivity index (χ4v) is 4.16. The summed E-state index contributed by atoms with van der Waals surface area (Å²) in [5, 5.41) is 5.12. The smallest absolute Gasteiger partial charge is 0.244 e. The Labute approximate surface area is 175 Å². The SMILES string of the molecule is Cc1cc(C)n(CC(=O)N2CCCC[C@@H]2c2ncc(Cc3cccc(Cl)c3)o2)n1. The highest BCUT2D eigenvalue weighted by molar-refractivity contribution is 6.30. The number of piperidine rings is 1. The number of likely N-dealkylation sites (tertiary alicyclic amines) is 1. The summed E-state index contributed by atoms with van der Waals surface area (Å²) in [7, 11) is 0. The average molecular weight is 413 g/mol. The number of hydrogen-bond acceptors (Lipinski definition) is 4. The molecule has 1 amide bonds. The van der Waals surface area contributed by atoms with Gasteiger partial charge in [0.05, 0.1) is 11.9 Å². The minimum absolute atomic E-state index is 0.0514. The lowest BCUT2D eigenvalue weighted by Crippen LogP contribution is -2.40. The van der Waals surface area contributed by atoms with Gasteiger partial charge in [0.1, 0.15) is 18.3 Å². The molecule has 1 aromatic carbocycles. The minimum Gasteiger partial charge on any atom is -0.443 e. The van der Waals surface area contributed by atoms with E-state index in [1.807, 2.05) is 49.1 Å². The van der Waals surface area contributed by atoms with Crippen LogP contribution in [0.1, 0.15) is 53.9 Å². The molecule has 0 unspecified atom stereocenters. The van der Waals surface area contributed by atoms with Gasteiger partial charge in [-0.15, -0.1) is 0 Å². The molecule has 2 aromatic heterocycles. The number of carbonyl (C=O) groups excluding carboxylic acids is 1. The van der Waals surface area contributed by atoms with E-state index in [2.05, 4.69) is 10.1 Å². The molecule has 1 saturated heterocycles. The molecule has 0 aliphatic carbocycles. The summed E-state index contributed by atoms with van der Waals surface area (Å²) < 4.78 is 7.82. The molecule has 0 N–H and O–H groups in total. The van der Waals surface area contributed by atoms with E-state index in [0.717, 1.165) is 48.5 Å². The van der Waals surface area contributed by atoms with Crippen molar-refractivity contribution in [2.45, 2.75) is 52.1 Å². The maximum absolute atomic E-state index is 13.0. The summed E-state index contributed by atoms with van der Waals surface area (Å²) in [6, 6.07) is 9.58. The zero-order valence-corrected chi connectivity index (χ0v) is 17.5. The molecule has 7 heteroatoms. The zero-order chi connectivity index (χ0) is 20.4. The molecule has 1 aliphatic heterocycles. The van der Waals surface area contributed by atoms with E-state index in [1.165, 1.54) is 0 Å². The molecule has 4 rings (SSSR count). The van der Waals surface area contributed by atoms with Crippen LogP contribution in [0.5, 0.6) is 0 Å². The van der Waals surface area contributed by atoms with Gasteiger partial charge in [0, 0.05) is 23.7 Å². The predicted octanol–water partition coefficient (Wildman–Crippen LogP) is 4.49. The zero-order valence-electron chi connectivity index (χ0n) is 16.8. The number of benzene rings is 1. The van der Waals surface area contributed by atoms with Crippen LogP contribution in [-0.2, 0) is 17.8 Å². The number of aromatic nitrogens is 3. The van der Waals surface area contributed by atoms with Gasteiger partial charge >= 0.3 is 0 Å². The van der Waals surface area contributed by atoms with Crippen molar-refractivity contribution in [3.05, 3.63) is 70.2 Å². The second kappa shape index (κ2) is 8.41. The molecule has 1 fully saturated rings. The Balaban J connectivity index is 1.49. The lowest BCUT2D eigenvalue weighted by molar-refractivity contribution is -0.136. The number of carbonyl (C=O) groups is 1. The normalized spacial score (nSPS) is 16.9. The van der Waals surface area contributed by atoms with Crippen molar-refractivity contribution in [2.75, 3.05) is 6.54 Å². The highest BCUT2D eigenvalue weighted by Gasteiger charge is 2.31. The highest BCUT2D eigenvalue weighted by atomic mass is 35.5. The summed E-state index contributed by atoms with van der Waals surface area (Å²) in [4.78, 5) is 19.4. The van der Waals surface area contributed by atoms with E-state index in [0.29, 0.717) is 17.3 Å². The first-order valence-corrected chi connectivity index (χ1v) is 10.4. The number of hydrogen-bond donors (Lipinski definition) is 0. The molecule has 0 saturated carbocycles. The quantitative estimate of drug-likeness (QED) is 0.619. The van der Waals surface area contributed by atoms with E-state index >= 15 is 0 Å². The lowest BCUT2D eigenvalue weighted by Gasteiger charge is -2.33. The van der Waals surface area contributed by atoms with Gasteiger partial charge in [-0.3, -0.25) is 9.48 Å². The largest absolute Gasteiger partial charge is 0.443 e. The van der Waals surface area contributed by atoms with Crippen LogP contribution in [0.15, 0.2) is 40.9 Å². The maximum atomic E-state index is 13.0. The number of halogens is 1. The Morgan fingerprint density at radius 2 is 2.14 bits per heavy atom. The average Bonchev–Trinajstić information content (AvgIpc) is 3.27. The summed E-state index contributed by atoms with van der Waals surface area (Å²) in [6.07, 6.45) is 5.30. The first kappa shape index (κ1) is 19.7. The van der Waals surface area contributed by atoms with Gasteiger partial charge in [0.25, 0.3) is 0 Å². The third-order valence-electron chi connectivity index (χ3n) is 5.34. The van der Waals surface area contributed by atoms with Crippen LogP contribution < -0.4 is 0 Å². The Bertz CT molecular complexity index is 1010. The Kier molecular flexibility index (Phi) is 5.72. The minimum atomic E-state index is -0.124. The number of rotatable bonds is 5. The first-order chi connectivity index (χ1) is 14.0. The summed E-state index contributed by atoms with van der Waals surface area (Å²) in [5.41, 5.74) is 2.98. The molecule has 0 spiro atoms. The van der Waals surface area contributed by atoms with Crippen molar-refractivity contribution in [2.24, 2.45) is 0 Å². The van der Waals surface area contributed by atoms with E-state index in [4.69, 9.17) is 16.0 Å². The van der Waals surface area contributed by atoms with Crippen LogP contribution in [-0.4, -0.2) is 32.1 Å². The molecule has 1 atom stereocenters. The highest BCUT2D eigenvalue weighted by Crippen LogP contribution is 2.31. The molecule has 3 heterocycles. The molecule has 3 aromatic rings. The van der Waals surface area contributed by atoms with Gasteiger partial charge in [-0.1, -0.05) is 23.7 Å². The second-order valence-corrected chi connectivity index (χ2v) is 8.09. The first-order valence-electron chi connectivity index (χ1n) is 9.99. The third-order valence-corrected chi connectivity index (χ3v) is 5.57. The van der Waals surface area contributed by atoms with Gasteiger partial charge in [-0.05, 0) is 56.9 Å². The molecule has 0 bridgehead atoms. The number of oxazole rings is 1. The topological polar surface area (TPSA) is 64.2 Å². The third kappa shape index (κ3) is 4.53. The fraction of sp³-hybridized carbons (Fsp3) is 0.409. The van der Waals surface area contributed by atoms with Gasteiger partial charge in [-0.2, -0.15) is 5.10 Å². The van der Waals surface area contributed by atoms with Crippen LogP contribution in [0.3, 0.4) is 0 Å². The van der Waals surface area contributed by atoms with Gasteiger partial charge in [-0.25, -0.2) is 4.98 Å². The number of nitrogens with zero attached hydrogens (tertiary/aromatic N) is 4. The van der Waals surface area contributed by atoms with Crippen LogP contribution in [0, 0.1) is 13.8 Å².